The lowest BCUT2D eigenvalue weighted by Crippen LogP contribution is -2.08. The fourth-order valence-electron chi connectivity index (χ4n) is 1.12. The Labute approximate surface area is 108 Å². The summed E-state index contributed by atoms with van der Waals surface area (Å²) in [4.78, 5) is 20.8. The lowest BCUT2D eigenvalue weighted by Gasteiger charge is -2.07. The molecule has 0 saturated carbocycles. The van der Waals surface area contributed by atoms with Crippen LogP contribution in [0.5, 0.6) is 0 Å². The Kier molecular flexibility index (Phi) is 4.76. The smallest absolute Gasteiger partial charge is 0.253 e. The summed E-state index contributed by atoms with van der Waals surface area (Å²) in [5.41, 5.74) is 1.86. The van der Waals surface area contributed by atoms with Gasteiger partial charge in [0.15, 0.2) is 5.82 Å². The van der Waals surface area contributed by atoms with Crippen LogP contribution in [-0.4, -0.2) is 60.6 Å². The van der Waals surface area contributed by atoms with Crippen LogP contribution in [0.25, 0.3) is 0 Å². The third kappa shape index (κ3) is 4.12. The van der Waals surface area contributed by atoms with E-state index in [0.717, 1.165) is 11.3 Å². The molecule has 1 rings (SSSR count). The van der Waals surface area contributed by atoms with Gasteiger partial charge in [0.2, 0.25) is 0 Å². The number of aromatic nitrogens is 2. The van der Waals surface area contributed by atoms with Crippen LogP contribution in [-0.2, 0) is 0 Å². The zero-order valence-electron chi connectivity index (χ0n) is 11.8. The second-order valence-corrected chi connectivity index (χ2v) is 4.47. The molecule has 1 heterocycles. The van der Waals surface area contributed by atoms with Gasteiger partial charge in [-0.3, -0.25) is 0 Å². The average molecular weight is 248 g/mol. The first-order valence-electron chi connectivity index (χ1n) is 5.66. The molecule has 0 aliphatic carbocycles. The molecule has 1 aromatic rings. The van der Waals surface area contributed by atoms with Crippen molar-refractivity contribution >= 4 is 24.4 Å². The molecule has 0 saturated heterocycles. The van der Waals surface area contributed by atoms with Gasteiger partial charge in [0.05, 0.1) is 12.7 Å². The maximum absolute atomic E-state index is 4.32. The van der Waals surface area contributed by atoms with Gasteiger partial charge < -0.3 is 9.80 Å². The standard InChI is InChI=1S/C12H20N6/c1-9-10(2)15-12(14-8-18(5)6)16-11(9)13-7-17(3)4/h7-8H,1-6H3/b13-7+,14-8+. The summed E-state index contributed by atoms with van der Waals surface area (Å²) in [6, 6.07) is 0. The summed E-state index contributed by atoms with van der Waals surface area (Å²) in [5.74, 6) is 1.08. The molecule has 0 N–H and O–H groups in total. The molecule has 18 heavy (non-hydrogen) atoms. The molecule has 0 aliphatic rings. The van der Waals surface area contributed by atoms with Crippen molar-refractivity contribution in [3.63, 3.8) is 0 Å². The van der Waals surface area contributed by atoms with E-state index in [4.69, 9.17) is 0 Å². The highest BCUT2D eigenvalue weighted by molar-refractivity contribution is 5.62. The van der Waals surface area contributed by atoms with Crippen molar-refractivity contribution in [2.45, 2.75) is 13.8 Å². The van der Waals surface area contributed by atoms with Crippen molar-refractivity contribution in [3.05, 3.63) is 11.3 Å². The summed E-state index contributed by atoms with van der Waals surface area (Å²) >= 11 is 0. The third-order valence-electron chi connectivity index (χ3n) is 2.17. The van der Waals surface area contributed by atoms with E-state index in [1.807, 2.05) is 51.8 Å². The first-order valence-corrected chi connectivity index (χ1v) is 5.66. The lowest BCUT2D eigenvalue weighted by atomic mass is 10.2. The van der Waals surface area contributed by atoms with E-state index in [0.29, 0.717) is 11.8 Å². The van der Waals surface area contributed by atoms with Crippen LogP contribution >= 0.6 is 0 Å². The van der Waals surface area contributed by atoms with Gasteiger partial charge in [-0.2, -0.15) is 4.98 Å². The van der Waals surface area contributed by atoms with Gasteiger partial charge in [0.25, 0.3) is 5.95 Å². The Balaban J connectivity index is 3.10. The van der Waals surface area contributed by atoms with Crippen molar-refractivity contribution in [2.75, 3.05) is 28.2 Å². The Morgan fingerprint density at radius 2 is 1.44 bits per heavy atom. The first-order chi connectivity index (χ1) is 8.40. The SMILES string of the molecule is Cc1nc(/N=C/N(C)C)nc(/N=C/N(C)C)c1C. The van der Waals surface area contributed by atoms with Gasteiger partial charge in [-0.25, -0.2) is 15.0 Å². The van der Waals surface area contributed by atoms with Crippen LogP contribution < -0.4 is 0 Å². The number of rotatable bonds is 4. The minimum atomic E-state index is 0.428. The Morgan fingerprint density at radius 3 is 2.00 bits per heavy atom. The predicted molar refractivity (Wildman–Crippen MR) is 75.2 cm³/mol. The normalized spacial score (nSPS) is 11.4. The summed E-state index contributed by atoms with van der Waals surface area (Å²) in [7, 11) is 7.63. The predicted octanol–water partition coefficient (Wildman–Crippen LogP) is 1.54. The molecule has 0 amide bonds. The van der Waals surface area contributed by atoms with Crippen LogP contribution in [0.15, 0.2) is 9.98 Å². The molecule has 1 aromatic heterocycles. The van der Waals surface area contributed by atoms with Gasteiger partial charge in [-0.15, -0.1) is 0 Å². The van der Waals surface area contributed by atoms with E-state index in [9.17, 15) is 0 Å². The highest BCUT2D eigenvalue weighted by Crippen LogP contribution is 2.20. The summed E-state index contributed by atoms with van der Waals surface area (Å²) in [6.45, 7) is 3.89. The van der Waals surface area contributed by atoms with Crippen LogP contribution in [0.1, 0.15) is 11.3 Å². The highest BCUT2D eigenvalue weighted by atomic mass is 15.2. The highest BCUT2D eigenvalue weighted by Gasteiger charge is 2.05. The fourth-order valence-corrected chi connectivity index (χ4v) is 1.12. The Hall–Kier alpha value is -1.98. The third-order valence-corrected chi connectivity index (χ3v) is 2.17. The second-order valence-electron chi connectivity index (χ2n) is 4.47. The summed E-state index contributed by atoms with van der Waals surface area (Å²) < 4.78 is 0. The molecule has 0 unspecified atom stereocenters. The van der Waals surface area contributed by atoms with E-state index in [1.54, 1.807) is 12.7 Å². The summed E-state index contributed by atoms with van der Waals surface area (Å²) in [5, 5.41) is 0. The Bertz CT molecular complexity index is 462. The fraction of sp³-hybridized carbons (Fsp3) is 0.500. The number of nitrogens with zero attached hydrogens (tertiary/aromatic N) is 6. The van der Waals surface area contributed by atoms with Crippen LogP contribution in [0, 0.1) is 13.8 Å². The number of hydrogen-bond donors (Lipinski definition) is 0. The molecular formula is C12H20N6. The van der Waals surface area contributed by atoms with Gasteiger partial charge in [-0.1, -0.05) is 0 Å². The van der Waals surface area contributed by atoms with Gasteiger partial charge in [-0.05, 0) is 13.8 Å². The minimum Gasteiger partial charge on any atom is -0.369 e. The van der Waals surface area contributed by atoms with E-state index < -0.39 is 0 Å². The van der Waals surface area contributed by atoms with Crippen molar-refractivity contribution < 1.29 is 0 Å². The van der Waals surface area contributed by atoms with E-state index in [-0.39, 0.29) is 0 Å². The second kappa shape index (κ2) is 6.09. The zero-order valence-corrected chi connectivity index (χ0v) is 11.8. The molecule has 0 bridgehead atoms. The lowest BCUT2D eigenvalue weighted by molar-refractivity contribution is 0.642. The van der Waals surface area contributed by atoms with Gasteiger partial charge in [0.1, 0.15) is 0 Å². The van der Waals surface area contributed by atoms with Crippen molar-refractivity contribution in [2.24, 2.45) is 9.98 Å². The van der Waals surface area contributed by atoms with Crippen LogP contribution in [0.3, 0.4) is 0 Å². The Morgan fingerprint density at radius 1 is 0.889 bits per heavy atom. The van der Waals surface area contributed by atoms with Crippen LogP contribution in [0.2, 0.25) is 0 Å². The maximum atomic E-state index is 4.32. The van der Waals surface area contributed by atoms with Crippen molar-refractivity contribution in [1.82, 2.24) is 19.8 Å². The molecule has 0 aromatic carbocycles. The molecule has 0 aliphatic heterocycles. The zero-order chi connectivity index (χ0) is 13.7. The minimum absolute atomic E-state index is 0.428. The summed E-state index contributed by atoms with van der Waals surface area (Å²) in [6.07, 6.45) is 3.39. The first kappa shape index (κ1) is 14.1. The maximum Gasteiger partial charge on any atom is 0.253 e. The number of aryl methyl sites for hydroxylation is 1. The van der Waals surface area contributed by atoms with Crippen LogP contribution in [0.4, 0.5) is 11.8 Å². The molecule has 6 heteroatoms. The molecule has 6 nitrogen and oxygen atoms in total. The quantitative estimate of drug-likeness (QED) is 0.599. The van der Waals surface area contributed by atoms with Gasteiger partial charge in [0, 0.05) is 39.4 Å². The number of hydrogen-bond acceptors (Lipinski definition) is 4. The number of aliphatic imine (C=N–C) groups is 2. The van der Waals surface area contributed by atoms with E-state index >= 15 is 0 Å². The van der Waals surface area contributed by atoms with Gasteiger partial charge >= 0.3 is 0 Å². The average Bonchev–Trinajstić information content (AvgIpc) is 2.28. The molecule has 0 radical (unpaired) electrons. The monoisotopic (exact) mass is 248 g/mol. The molecular weight excluding hydrogens is 228 g/mol. The van der Waals surface area contributed by atoms with E-state index in [1.165, 1.54) is 0 Å². The molecule has 0 spiro atoms. The largest absolute Gasteiger partial charge is 0.369 e. The molecule has 98 valence electrons. The topological polar surface area (TPSA) is 57.0 Å². The van der Waals surface area contributed by atoms with Crippen molar-refractivity contribution in [1.29, 1.82) is 0 Å². The van der Waals surface area contributed by atoms with Crippen molar-refractivity contribution in [3.8, 4) is 0 Å². The van der Waals surface area contributed by atoms with E-state index in [2.05, 4.69) is 20.0 Å². The molecule has 0 atom stereocenters. The molecule has 0 fully saturated rings.